The summed E-state index contributed by atoms with van der Waals surface area (Å²) in [4.78, 5) is 0. The van der Waals surface area contributed by atoms with Crippen LogP contribution in [0, 0.1) is 83.1 Å². The van der Waals surface area contributed by atoms with Gasteiger partial charge in [0.05, 0.1) is 0 Å². The van der Waals surface area contributed by atoms with Crippen molar-refractivity contribution in [3.05, 3.63) is 225 Å². The summed E-state index contributed by atoms with van der Waals surface area (Å²) < 4.78 is 18.5. The van der Waals surface area contributed by atoms with E-state index in [9.17, 15) is 0 Å². The molecule has 0 atom stereocenters. The minimum Gasteiger partial charge on any atom is -1.00 e. The first-order valence-corrected chi connectivity index (χ1v) is 23.3. The Bertz CT molecular complexity index is 2790. The highest BCUT2D eigenvalue weighted by Crippen LogP contribution is 2.25. The predicted molar refractivity (Wildman–Crippen MR) is 264 cm³/mol. The highest BCUT2D eigenvalue weighted by Gasteiger charge is 2.23. The maximum atomic E-state index is 2.49. The summed E-state index contributed by atoms with van der Waals surface area (Å²) in [6.45, 7) is 29.4. The Kier molecular flexibility index (Phi) is 18.3. The molecule has 8 nitrogen and oxygen atoms in total. The Morgan fingerprint density at radius 1 is 0.271 bits per heavy atom. The van der Waals surface area contributed by atoms with Crippen LogP contribution < -0.4 is 86.2 Å². The summed E-state index contributed by atoms with van der Waals surface area (Å²) in [6, 6.07) is 23.2. The second-order valence-electron chi connectivity index (χ2n) is 19.4. The van der Waals surface area contributed by atoms with Gasteiger partial charge < -0.3 is 67.9 Å². The van der Waals surface area contributed by atoms with E-state index < -0.39 is 0 Å². The molecular weight excluding hydrogens is 1130 g/mol. The van der Waals surface area contributed by atoms with Gasteiger partial charge in [-0.3, -0.25) is 0 Å². The van der Waals surface area contributed by atoms with Crippen LogP contribution in [0.25, 0.3) is 22.7 Å². The Balaban J connectivity index is 0.00000228. The van der Waals surface area contributed by atoms with Gasteiger partial charge in [0, 0.05) is 22.3 Å². The minimum atomic E-state index is 0. The van der Waals surface area contributed by atoms with Crippen molar-refractivity contribution in [2.45, 2.75) is 109 Å². The topological polar surface area (TPSA) is 35.2 Å². The van der Waals surface area contributed by atoms with E-state index in [0.717, 1.165) is 26.2 Å². The van der Waals surface area contributed by atoms with Gasteiger partial charge in [-0.1, -0.05) is 70.8 Å². The van der Waals surface area contributed by atoms with Crippen molar-refractivity contribution < 1.29 is 86.2 Å². The monoisotopic (exact) mass is 1190 g/mol. The first-order valence-electron chi connectivity index (χ1n) is 23.3. The van der Waals surface area contributed by atoms with Crippen molar-refractivity contribution in [1.82, 2.24) is 18.3 Å². The molecule has 0 aliphatic carbocycles. The third kappa shape index (κ3) is 11.8. The fraction of sp³-hybridized carbons (Fsp3) is 0.276. The molecule has 0 unspecified atom stereocenters. The molecule has 0 N–H and O–H groups in total. The van der Waals surface area contributed by atoms with Gasteiger partial charge in [0.25, 0.3) is 0 Å². The zero-order valence-corrected chi connectivity index (χ0v) is 49.0. The molecule has 0 fully saturated rings. The van der Waals surface area contributed by atoms with Gasteiger partial charge in [-0.25, -0.2) is 36.5 Å². The van der Waals surface area contributed by atoms with Crippen LogP contribution in [0.4, 0.5) is 0 Å². The number of nitrogens with zero attached hydrogens (tertiary/aromatic N) is 8. The normalized spacial score (nSPS) is 10.9. The lowest BCUT2D eigenvalue weighted by Crippen LogP contribution is -3.00. The first-order chi connectivity index (χ1) is 31.6. The van der Waals surface area contributed by atoms with Gasteiger partial charge >= 0.3 is 0 Å². The van der Waals surface area contributed by atoms with E-state index in [1.165, 1.54) is 112 Å². The molecule has 0 saturated heterocycles. The maximum Gasteiger partial charge on any atom is 0.249 e. The lowest BCUT2D eigenvalue weighted by atomic mass is 9.97. The van der Waals surface area contributed by atoms with Gasteiger partial charge in [-0.05, 0) is 140 Å². The molecule has 0 aliphatic heterocycles. The molecule has 0 saturated carbocycles. The highest BCUT2D eigenvalue weighted by atomic mass is 79.9. The van der Waals surface area contributed by atoms with Crippen molar-refractivity contribution in [2.24, 2.45) is 0 Å². The van der Waals surface area contributed by atoms with Crippen LogP contribution in [-0.2, 0) is 26.2 Å². The Morgan fingerprint density at radius 2 is 0.443 bits per heavy atom. The summed E-state index contributed by atoms with van der Waals surface area (Å²) in [7, 11) is 0. The SMILES string of the molecule is Cc1cc(C)c(-n2cc[n+](Cc3cc(C[n+]4ccn(-c5c(C)cc(C)cc5C)c4)c(C[n+]4ccn(-c5c(C)cc(C)cc5C)c4)cc3C[n+]3ccn(-c4c(C)cc(C)cc4C)c3)c2)c(C)c1.[Br-].[Br-].[Br-].[Br-]. The fourth-order valence-electron chi connectivity index (χ4n) is 11.0. The highest BCUT2D eigenvalue weighted by molar-refractivity contribution is 5.52. The average molecular weight is 1190 g/mol. The third-order valence-corrected chi connectivity index (χ3v) is 13.3. The zero-order valence-electron chi connectivity index (χ0n) is 42.6. The van der Waals surface area contributed by atoms with Gasteiger partial charge in [0.15, 0.2) is 0 Å². The Morgan fingerprint density at radius 3 is 0.614 bits per heavy atom. The molecule has 0 aliphatic rings. The molecule has 0 amide bonds. The third-order valence-electron chi connectivity index (χ3n) is 13.3. The first kappa shape index (κ1) is 55.8. The average Bonchev–Trinajstić information content (AvgIpc) is 4.05. The molecule has 4 heterocycles. The molecule has 0 bridgehead atoms. The molecule has 366 valence electrons. The smallest absolute Gasteiger partial charge is 0.249 e. The molecule has 70 heavy (non-hydrogen) atoms. The zero-order chi connectivity index (χ0) is 46.6. The van der Waals surface area contributed by atoms with E-state index in [0.29, 0.717) is 0 Å². The summed E-state index contributed by atoms with van der Waals surface area (Å²) >= 11 is 0. The van der Waals surface area contributed by atoms with Crippen molar-refractivity contribution in [3.63, 3.8) is 0 Å². The number of hydrogen-bond acceptors (Lipinski definition) is 0. The number of hydrogen-bond donors (Lipinski definition) is 0. The maximum absolute atomic E-state index is 2.49. The van der Waals surface area contributed by atoms with Crippen LogP contribution in [0.15, 0.2) is 136 Å². The largest absolute Gasteiger partial charge is 1.00 e. The summed E-state index contributed by atoms with van der Waals surface area (Å²) in [5.74, 6) is 0. The molecule has 0 radical (unpaired) electrons. The van der Waals surface area contributed by atoms with Crippen LogP contribution >= 0.6 is 0 Å². The van der Waals surface area contributed by atoms with Crippen molar-refractivity contribution in [3.8, 4) is 22.7 Å². The van der Waals surface area contributed by atoms with Crippen LogP contribution in [0.1, 0.15) is 89.0 Å². The van der Waals surface area contributed by atoms with E-state index >= 15 is 0 Å². The lowest BCUT2D eigenvalue weighted by molar-refractivity contribution is -0.694. The van der Waals surface area contributed by atoms with E-state index in [2.05, 4.69) is 255 Å². The van der Waals surface area contributed by atoms with Crippen LogP contribution in [0.3, 0.4) is 0 Å². The minimum absolute atomic E-state index is 0. The lowest BCUT2D eigenvalue weighted by Gasteiger charge is -2.14. The van der Waals surface area contributed by atoms with Crippen molar-refractivity contribution >= 4 is 0 Å². The van der Waals surface area contributed by atoms with Gasteiger partial charge in [-0.15, -0.1) is 0 Å². The Labute approximate surface area is 457 Å². The molecule has 5 aromatic carbocycles. The predicted octanol–water partition coefficient (Wildman–Crippen LogP) is -2.09. The van der Waals surface area contributed by atoms with Crippen LogP contribution in [0.2, 0.25) is 0 Å². The van der Waals surface area contributed by atoms with Crippen LogP contribution in [-0.4, -0.2) is 18.3 Å². The number of aryl methyl sites for hydroxylation is 12. The quantitative estimate of drug-likeness (QED) is 0.126. The number of rotatable bonds is 12. The molecule has 0 spiro atoms. The molecular formula is C58H66Br4N8. The second kappa shape index (κ2) is 22.9. The fourth-order valence-corrected chi connectivity index (χ4v) is 11.0. The summed E-state index contributed by atoms with van der Waals surface area (Å²) in [5, 5.41) is 0. The van der Waals surface area contributed by atoms with Crippen molar-refractivity contribution in [2.75, 3.05) is 0 Å². The van der Waals surface area contributed by atoms with E-state index in [1.807, 2.05) is 0 Å². The summed E-state index contributed by atoms with van der Waals surface area (Å²) in [6.07, 6.45) is 26.7. The van der Waals surface area contributed by atoms with Crippen molar-refractivity contribution in [1.29, 1.82) is 0 Å². The summed E-state index contributed by atoms with van der Waals surface area (Å²) in [5.41, 5.74) is 25.6. The van der Waals surface area contributed by atoms with Crippen LogP contribution in [0.5, 0.6) is 0 Å². The molecule has 12 heteroatoms. The molecule has 9 rings (SSSR count). The number of halogens is 4. The molecule has 4 aromatic heterocycles. The van der Waals surface area contributed by atoms with Gasteiger partial charge in [-0.2, -0.15) is 0 Å². The number of benzene rings is 5. The van der Waals surface area contributed by atoms with Gasteiger partial charge in [0.1, 0.15) is 98.5 Å². The van der Waals surface area contributed by atoms with Gasteiger partial charge in [0.2, 0.25) is 25.3 Å². The number of imidazole rings is 4. The number of aromatic nitrogens is 8. The van der Waals surface area contributed by atoms with E-state index in [-0.39, 0.29) is 67.9 Å². The standard InChI is InChI=1S/C58H66N8.4BrH/c1-39-21-43(5)55(44(6)22-39)63-17-13-59(35-63)31-51-29-53(33-61-15-19-65(37-61)57-47(9)25-41(3)26-48(57)10)54(34-62-16-20-66(38-62)58-49(11)27-42(4)28-50(58)12)30-52(51)32-60-14-18-64(36-60)56-45(7)23-40(2)24-46(56)8;;;;/h13-30,35-38H,31-34H2,1-12H3;4*1H/q+4;;;;/p-4. The van der Waals surface area contributed by atoms with E-state index in [1.54, 1.807) is 0 Å². The van der Waals surface area contributed by atoms with E-state index in [4.69, 9.17) is 0 Å². The molecule has 9 aromatic rings. The Hall–Kier alpha value is -5.14. The second-order valence-corrected chi connectivity index (χ2v) is 19.4.